The SMILES string of the molecule is CCC1CC1(O)c1sccc1Br. The third kappa shape index (κ3) is 1.15. The molecule has 1 fully saturated rings. The topological polar surface area (TPSA) is 20.2 Å². The first-order valence-electron chi connectivity index (χ1n) is 4.14. The summed E-state index contributed by atoms with van der Waals surface area (Å²) in [6.45, 7) is 2.13. The molecule has 2 rings (SSSR count). The third-order valence-electron chi connectivity index (χ3n) is 2.58. The van der Waals surface area contributed by atoms with Gasteiger partial charge in [-0.05, 0) is 39.7 Å². The van der Waals surface area contributed by atoms with Crippen LogP contribution in [0.3, 0.4) is 0 Å². The highest BCUT2D eigenvalue weighted by atomic mass is 79.9. The van der Waals surface area contributed by atoms with Crippen molar-refractivity contribution in [3.05, 3.63) is 20.8 Å². The van der Waals surface area contributed by atoms with Crippen LogP contribution in [-0.4, -0.2) is 5.11 Å². The van der Waals surface area contributed by atoms with Crippen LogP contribution in [0.25, 0.3) is 0 Å². The van der Waals surface area contributed by atoms with Crippen LogP contribution in [0.1, 0.15) is 24.6 Å². The van der Waals surface area contributed by atoms with Crippen LogP contribution in [-0.2, 0) is 5.60 Å². The Hall–Kier alpha value is 0.140. The van der Waals surface area contributed by atoms with Crippen molar-refractivity contribution in [3.63, 3.8) is 0 Å². The van der Waals surface area contributed by atoms with Crippen molar-refractivity contribution in [1.29, 1.82) is 0 Å². The van der Waals surface area contributed by atoms with Crippen molar-refractivity contribution in [2.24, 2.45) is 5.92 Å². The molecule has 1 N–H and O–H groups in total. The first-order valence-corrected chi connectivity index (χ1v) is 5.81. The Morgan fingerprint density at radius 1 is 1.83 bits per heavy atom. The second-order valence-electron chi connectivity index (χ2n) is 3.33. The van der Waals surface area contributed by atoms with Crippen LogP contribution in [0.2, 0.25) is 0 Å². The van der Waals surface area contributed by atoms with Crippen molar-refractivity contribution < 1.29 is 5.11 Å². The summed E-state index contributed by atoms with van der Waals surface area (Å²) in [5, 5.41) is 12.1. The monoisotopic (exact) mass is 246 g/mol. The molecule has 1 saturated carbocycles. The fourth-order valence-corrected chi connectivity index (χ4v) is 3.59. The van der Waals surface area contributed by atoms with E-state index in [1.54, 1.807) is 11.3 Å². The molecule has 2 unspecified atom stereocenters. The molecule has 12 heavy (non-hydrogen) atoms. The van der Waals surface area contributed by atoms with Gasteiger partial charge in [-0.2, -0.15) is 0 Å². The van der Waals surface area contributed by atoms with Crippen molar-refractivity contribution >= 4 is 27.3 Å². The standard InChI is InChI=1S/C9H11BrOS/c1-2-6-5-9(6,11)8-7(10)3-4-12-8/h3-4,6,11H,2,5H2,1H3. The fourth-order valence-electron chi connectivity index (χ4n) is 1.68. The highest BCUT2D eigenvalue weighted by molar-refractivity contribution is 9.10. The van der Waals surface area contributed by atoms with E-state index in [0.29, 0.717) is 5.92 Å². The maximum atomic E-state index is 10.1. The van der Waals surface area contributed by atoms with E-state index in [4.69, 9.17) is 0 Å². The van der Waals surface area contributed by atoms with Gasteiger partial charge in [0.15, 0.2) is 0 Å². The van der Waals surface area contributed by atoms with Crippen LogP contribution >= 0.6 is 27.3 Å². The van der Waals surface area contributed by atoms with Gasteiger partial charge >= 0.3 is 0 Å². The van der Waals surface area contributed by atoms with Crippen LogP contribution in [0.15, 0.2) is 15.9 Å². The minimum absolute atomic E-state index is 0.479. The maximum absolute atomic E-state index is 10.1. The van der Waals surface area contributed by atoms with Crippen LogP contribution in [0.5, 0.6) is 0 Å². The van der Waals surface area contributed by atoms with Crippen LogP contribution < -0.4 is 0 Å². The lowest BCUT2D eigenvalue weighted by Gasteiger charge is -2.07. The molecule has 1 nitrogen and oxygen atoms in total. The zero-order valence-electron chi connectivity index (χ0n) is 6.88. The lowest BCUT2D eigenvalue weighted by Crippen LogP contribution is -2.06. The second kappa shape index (κ2) is 2.82. The molecule has 3 heteroatoms. The molecule has 0 spiro atoms. The van der Waals surface area contributed by atoms with Gasteiger partial charge in [-0.1, -0.05) is 13.3 Å². The van der Waals surface area contributed by atoms with E-state index in [0.717, 1.165) is 22.2 Å². The summed E-state index contributed by atoms with van der Waals surface area (Å²) >= 11 is 5.09. The van der Waals surface area contributed by atoms with Gasteiger partial charge in [0.05, 0.1) is 4.88 Å². The van der Waals surface area contributed by atoms with E-state index in [-0.39, 0.29) is 0 Å². The van der Waals surface area contributed by atoms with Crippen molar-refractivity contribution in [3.8, 4) is 0 Å². The molecule has 2 atom stereocenters. The molecule has 0 saturated heterocycles. The number of hydrogen-bond donors (Lipinski definition) is 1. The summed E-state index contributed by atoms with van der Waals surface area (Å²) in [5.74, 6) is 0.479. The average Bonchev–Trinajstić information content (AvgIpc) is 2.50. The Labute approximate surface area is 84.6 Å². The predicted molar refractivity (Wildman–Crippen MR) is 54.3 cm³/mol. The van der Waals surface area contributed by atoms with Gasteiger partial charge in [0.25, 0.3) is 0 Å². The maximum Gasteiger partial charge on any atom is 0.103 e. The average molecular weight is 247 g/mol. The Balaban J connectivity index is 2.27. The molecule has 0 aliphatic heterocycles. The lowest BCUT2D eigenvalue weighted by molar-refractivity contribution is 0.133. The van der Waals surface area contributed by atoms with Gasteiger partial charge in [0.1, 0.15) is 5.60 Å². The Kier molecular flexibility index (Phi) is 2.05. The highest BCUT2D eigenvalue weighted by Crippen LogP contribution is 2.56. The number of aliphatic hydroxyl groups is 1. The molecule has 0 amide bonds. The minimum atomic E-state index is -0.498. The summed E-state index contributed by atoms with van der Waals surface area (Å²) in [4.78, 5) is 1.11. The molecule has 0 bridgehead atoms. The molecule has 0 radical (unpaired) electrons. The molecule has 66 valence electrons. The quantitative estimate of drug-likeness (QED) is 0.851. The number of halogens is 1. The molecule has 1 aromatic rings. The first kappa shape index (κ1) is 8.73. The first-order chi connectivity index (χ1) is 5.68. The summed E-state index contributed by atoms with van der Waals surface area (Å²) in [6.07, 6.45) is 2.00. The zero-order valence-corrected chi connectivity index (χ0v) is 9.28. The third-order valence-corrected chi connectivity index (χ3v) is 4.58. The second-order valence-corrected chi connectivity index (χ2v) is 5.10. The van der Waals surface area contributed by atoms with Crippen molar-refractivity contribution in [2.75, 3.05) is 0 Å². The van der Waals surface area contributed by atoms with E-state index in [1.807, 2.05) is 11.4 Å². The largest absolute Gasteiger partial charge is 0.384 e. The van der Waals surface area contributed by atoms with E-state index < -0.39 is 5.60 Å². The highest BCUT2D eigenvalue weighted by Gasteiger charge is 2.54. The van der Waals surface area contributed by atoms with Gasteiger partial charge in [-0.15, -0.1) is 11.3 Å². The molecular weight excluding hydrogens is 236 g/mol. The summed E-state index contributed by atoms with van der Waals surface area (Å²) in [7, 11) is 0. The van der Waals surface area contributed by atoms with Gasteiger partial charge in [0, 0.05) is 4.47 Å². The molecule has 1 aliphatic rings. The van der Waals surface area contributed by atoms with Gasteiger partial charge < -0.3 is 5.11 Å². The zero-order chi connectivity index (χ0) is 8.77. The normalized spacial score (nSPS) is 33.8. The van der Waals surface area contributed by atoms with E-state index in [1.165, 1.54) is 0 Å². The molecule has 1 aliphatic carbocycles. The Bertz CT molecular complexity index is 296. The van der Waals surface area contributed by atoms with Crippen LogP contribution in [0.4, 0.5) is 0 Å². The van der Waals surface area contributed by atoms with Gasteiger partial charge in [-0.3, -0.25) is 0 Å². The van der Waals surface area contributed by atoms with E-state index in [9.17, 15) is 5.11 Å². The Morgan fingerprint density at radius 3 is 3.00 bits per heavy atom. The summed E-state index contributed by atoms with van der Waals surface area (Å²) in [6, 6.07) is 2.00. The molecule has 0 aromatic carbocycles. The van der Waals surface area contributed by atoms with E-state index >= 15 is 0 Å². The smallest absolute Gasteiger partial charge is 0.103 e. The van der Waals surface area contributed by atoms with Gasteiger partial charge in [0.2, 0.25) is 0 Å². The molecule has 1 aromatic heterocycles. The predicted octanol–water partition coefficient (Wildman–Crippen LogP) is 3.13. The lowest BCUT2D eigenvalue weighted by atomic mass is 10.2. The van der Waals surface area contributed by atoms with E-state index in [2.05, 4.69) is 22.9 Å². The Morgan fingerprint density at radius 2 is 2.58 bits per heavy atom. The number of thiophene rings is 1. The fraction of sp³-hybridized carbons (Fsp3) is 0.556. The molecule has 1 heterocycles. The van der Waals surface area contributed by atoms with Gasteiger partial charge in [-0.25, -0.2) is 0 Å². The number of rotatable bonds is 2. The van der Waals surface area contributed by atoms with Crippen molar-refractivity contribution in [1.82, 2.24) is 0 Å². The number of hydrogen-bond acceptors (Lipinski definition) is 2. The summed E-state index contributed by atoms with van der Waals surface area (Å²) in [5.41, 5.74) is -0.498. The van der Waals surface area contributed by atoms with Crippen molar-refractivity contribution in [2.45, 2.75) is 25.4 Å². The minimum Gasteiger partial charge on any atom is -0.384 e. The summed E-state index contributed by atoms with van der Waals surface area (Å²) < 4.78 is 1.06. The van der Waals surface area contributed by atoms with Crippen LogP contribution in [0, 0.1) is 5.92 Å². The molecular formula is C9H11BrOS.